The van der Waals surface area contributed by atoms with Gasteiger partial charge in [0.1, 0.15) is 0 Å². The van der Waals surface area contributed by atoms with E-state index < -0.39 is 0 Å². The van der Waals surface area contributed by atoms with E-state index in [-0.39, 0.29) is 0 Å². The third kappa shape index (κ3) is 6.22. The normalized spacial score (nSPS) is 24.9. The predicted octanol–water partition coefficient (Wildman–Crippen LogP) is 2.55. The molecule has 27 heavy (non-hydrogen) atoms. The van der Waals surface area contributed by atoms with E-state index in [4.69, 9.17) is 0 Å². The molecule has 0 saturated carbocycles. The lowest BCUT2D eigenvalue weighted by molar-refractivity contribution is 0.183. The van der Waals surface area contributed by atoms with Crippen molar-refractivity contribution in [3.8, 4) is 0 Å². The largest absolute Gasteiger partial charge is 0.356 e. The molecule has 2 N–H and O–H groups in total. The molecular weight excluding hydrogens is 334 g/mol. The van der Waals surface area contributed by atoms with E-state index in [0.717, 1.165) is 31.5 Å². The topological polar surface area (TPSA) is 42.9 Å². The van der Waals surface area contributed by atoms with Gasteiger partial charge in [-0.1, -0.05) is 37.3 Å². The summed E-state index contributed by atoms with van der Waals surface area (Å²) in [6, 6.07) is 11.4. The van der Waals surface area contributed by atoms with E-state index in [1.807, 2.05) is 7.05 Å². The Balaban J connectivity index is 1.42. The summed E-state index contributed by atoms with van der Waals surface area (Å²) in [6.07, 6.45) is 5.21. The quantitative estimate of drug-likeness (QED) is 0.571. The van der Waals surface area contributed by atoms with E-state index in [0.29, 0.717) is 6.04 Å². The second-order valence-electron chi connectivity index (χ2n) is 7.99. The summed E-state index contributed by atoms with van der Waals surface area (Å²) in [5, 5.41) is 7.14. The zero-order valence-corrected chi connectivity index (χ0v) is 17.2. The summed E-state index contributed by atoms with van der Waals surface area (Å²) in [6.45, 7) is 10.2. The molecule has 0 bridgehead atoms. The Morgan fingerprint density at radius 3 is 2.63 bits per heavy atom. The summed E-state index contributed by atoms with van der Waals surface area (Å²) in [4.78, 5) is 9.61. The van der Waals surface area contributed by atoms with E-state index in [1.165, 1.54) is 57.4 Å². The summed E-state index contributed by atoms with van der Waals surface area (Å²) in [5.41, 5.74) is 1.41. The fourth-order valence-electron chi connectivity index (χ4n) is 4.43. The van der Waals surface area contributed by atoms with Crippen LogP contribution in [0.5, 0.6) is 0 Å². The molecule has 2 saturated heterocycles. The lowest BCUT2D eigenvalue weighted by atomic mass is 9.98. The van der Waals surface area contributed by atoms with Crippen molar-refractivity contribution in [2.24, 2.45) is 10.9 Å². The number of piperidine rings is 1. The molecule has 2 fully saturated rings. The van der Waals surface area contributed by atoms with Gasteiger partial charge in [-0.3, -0.25) is 9.89 Å². The first-order chi connectivity index (χ1) is 13.3. The number of aliphatic imine (C=N–C) groups is 1. The molecule has 0 aromatic heterocycles. The summed E-state index contributed by atoms with van der Waals surface area (Å²) >= 11 is 0. The molecule has 3 rings (SSSR count). The van der Waals surface area contributed by atoms with Crippen LogP contribution in [0.3, 0.4) is 0 Å². The van der Waals surface area contributed by atoms with Gasteiger partial charge < -0.3 is 15.5 Å². The molecule has 2 unspecified atom stereocenters. The number of hydrogen-bond donors (Lipinski definition) is 2. The molecule has 0 aliphatic carbocycles. The van der Waals surface area contributed by atoms with Crippen LogP contribution in [0.2, 0.25) is 0 Å². The first-order valence-corrected chi connectivity index (χ1v) is 10.7. The minimum absolute atomic E-state index is 0.592. The Labute approximate surface area is 165 Å². The van der Waals surface area contributed by atoms with Crippen LogP contribution in [0, 0.1) is 5.92 Å². The SMILES string of the molecule is CCN1CCCC(CNC(=NC)NCC2CCCN2Cc2ccccc2)C1. The molecule has 2 heterocycles. The van der Waals surface area contributed by atoms with Gasteiger partial charge in [-0.2, -0.15) is 0 Å². The van der Waals surface area contributed by atoms with Crippen LogP contribution in [0.15, 0.2) is 35.3 Å². The number of nitrogens with zero attached hydrogens (tertiary/aromatic N) is 3. The average Bonchev–Trinajstić information content (AvgIpc) is 3.16. The van der Waals surface area contributed by atoms with Crippen molar-refractivity contribution >= 4 is 5.96 Å². The third-order valence-electron chi connectivity index (χ3n) is 6.06. The van der Waals surface area contributed by atoms with E-state index in [9.17, 15) is 0 Å². The fraction of sp³-hybridized carbons (Fsp3) is 0.682. The van der Waals surface area contributed by atoms with Gasteiger partial charge in [0.05, 0.1) is 0 Å². The maximum Gasteiger partial charge on any atom is 0.191 e. The zero-order chi connectivity index (χ0) is 18.9. The summed E-state index contributed by atoms with van der Waals surface area (Å²) in [7, 11) is 1.88. The number of benzene rings is 1. The standard InChI is InChI=1S/C22H37N5/c1-3-26-13-7-11-20(17-26)15-24-22(23-2)25-16-21-12-8-14-27(21)18-19-9-5-4-6-10-19/h4-6,9-10,20-21H,3,7-8,11-18H2,1-2H3,(H2,23,24,25). The highest BCUT2D eigenvalue weighted by atomic mass is 15.2. The highest BCUT2D eigenvalue weighted by molar-refractivity contribution is 5.79. The summed E-state index contributed by atoms with van der Waals surface area (Å²) < 4.78 is 0. The Bertz CT molecular complexity index is 573. The first kappa shape index (κ1) is 20.2. The van der Waals surface area contributed by atoms with Crippen LogP contribution in [-0.2, 0) is 6.54 Å². The number of guanidine groups is 1. The predicted molar refractivity (Wildman–Crippen MR) is 114 cm³/mol. The fourth-order valence-corrected chi connectivity index (χ4v) is 4.43. The molecule has 0 radical (unpaired) electrons. The Kier molecular flexibility index (Phi) is 7.96. The molecule has 5 nitrogen and oxygen atoms in total. The monoisotopic (exact) mass is 371 g/mol. The van der Waals surface area contributed by atoms with E-state index in [2.05, 4.69) is 62.7 Å². The van der Waals surface area contributed by atoms with Crippen molar-refractivity contribution < 1.29 is 0 Å². The lowest BCUT2D eigenvalue weighted by Gasteiger charge is -2.32. The molecule has 5 heteroatoms. The van der Waals surface area contributed by atoms with Crippen molar-refractivity contribution in [3.05, 3.63) is 35.9 Å². The van der Waals surface area contributed by atoms with Gasteiger partial charge in [0.2, 0.25) is 0 Å². The van der Waals surface area contributed by atoms with Crippen LogP contribution in [-0.4, -0.2) is 68.1 Å². The smallest absolute Gasteiger partial charge is 0.191 e. The molecule has 0 amide bonds. The van der Waals surface area contributed by atoms with E-state index in [1.54, 1.807) is 0 Å². The number of rotatable bonds is 7. The van der Waals surface area contributed by atoms with Crippen LogP contribution in [0.4, 0.5) is 0 Å². The van der Waals surface area contributed by atoms with Crippen molar-refractivity contribution in [2.45, 2.75) is 45.2 Å². The van der Waals surface area contributed by atoms with Crippen molar-refractivity contribution in [3.63, 3.8) is 0 Å². The molecule has 2 atom stereocenters. The number of hydrogen-bond acceptors (Lipinski definition) is 3. The van der Waals surface area contributed by atoms with Crippen molar-refractivity contribution in [1.29, 1.82) is 0 Å². The van der Waals surface area contributed by atoms with Crippen molar-refractivity contribution in [1.82, 2.24) is 20.4 Å². The van der Waals surface area contributed by atoms with Gasteiger partial charge in [0.25, 0.3) is 0 Å². The molecule has 150 valence electrons. The second kappa shape index (κ2) is 10.7. The lowest BCUT2D eigenvalue weighted by Crippen LogP contribution is -2.47. The average molecular weight is 372 g/mol. The van der Waals surface area contributed by atoms with Gasteiger partial charge >= 0.3 is 0 Å². The minimum atomic E-state index is 0.592. The van der Waals surface area contributed by atoms with Crippen LogP contribution in [0.25, 0.3) is 0 Å². The molecule has 1 aromatic rings. The van der Waals surface area contributed by atoms with Gasteiger partial charge in [0.15, 0.2) is 5.96 Å². The van der Waals surface area contributed by atoms with Crippen LogP contribution in [0.1, 0.15) is 38.2 Å². The van der Waals surface area contributed by atoms with Gasteiger partial charge in [-0.15, -0.1) is 0 Å². The first-order valence-electron chi connectivity index (χ1n) is 10.7. The number of nitrogens with one attached hydrogen (secondary N) is 2. The maximum atomic E-state index is 4.44. The Hall–Kier alpha value is -1.59. The Morgan fingerprint density at radius 1 is 1.07 bits per heavy atom. The molecule has 1 aromatic carbocycles. The zero-order valence-electron chi connectivity index (χ0n) is 17.2. The van der Waals surface area contributed by atoms with Gasteiger partial charge in [-0.25, -0.2) is 0 Å². The number of likely N-dealkylation sites (tertiary alicyclic amines) is 2. The molecule has 2 aliphatic rings. The second-order valence-corrected chi connectivity index (χ2v) is 7.99. The molecular formula is C22H37N5. The third-order valence-corrected chi connectivity index (χ3v) is 6.06. The summed E-state index contributed by atoms with van der Waals surface area (Å²) in [5.74, 6) is 1.69. The Morgan fingerprint density at radius 2 is 1.85 bits per heavy atom. The van der Waals surface area contributed by atoms with Crippen LogP contribution >= 0.6 is 0 Å². The highest BCUT2D eigenvalue weighted by Crippen LogP contribution is 2.19. The van der Waals surface area contributed by atoms with Gasteiger partial charge in [0, 0.05) is 39.3 Å². The van der Waals surface area contributed by atoms with E-state index >= 15 is 0 Å². The molecule has 0 spiro atoms. The maximum absolute atomic E-state index is 4.44. The highest BCUT2D eigenvalue weighted by Gasteiger charge is 2.24. The van der Waals surface area contributed by atoms with Crippen molar-refractivity contribution in [2.75, 3.05) is 46.3 Å². The molecule has 2 aliphatic heterocycles. The van der Waals surface area contributed by atoms with Crippen LogP contribution < -0.4 is 10.6 Å². The minimum Gasteiger partial charge on any atom is -0.356 e. The van der Waals surface area contributed by atoms with Gasteiger partial charge in [-0.05, 0) is 56.8 Å².